The largest absolute Gasteiger partial charge is 0.482 e. The van der Waals surface area contributed by atoms with Gasteiger partial charge in [0.05, 0.1) is 0 Å². The van der Waals surface area contributed by atoms with Crippen LogP contribution in [0.5, 0.6) is 5.75 Å². The molecule has 7 heteroatoms. The molecular weight excluding hydrogens is 362 g/mol. The topological polar surface area (TPSA) is 86.8 Å². The fourth-order valence-corrected chi connectivity index (χ4v) is 2.19. The highest BCUT2D eigenvalue weighted by Gasteiger charge is 2.09. The molecule has 1 heterocycles. The SMILES string of the molecule is Cc1cc(OCC(=O)O/N=C(\N)c2ccccn2)c(C)cc1Br. The van der Waals surface area contributed by atoms with Gasteiger partial charge in [0.25, 0.3) is 0 Å². The summed E-state index contributed by atoms with van der Waals surface area (Å²) in [4.78, 5) is 20.4. The van der Waals surface area contributed by atoms with Crippen LogP contribution in [0.4, 0.5) is 0 Å². The summed E-state index contributed by atoms with van der Waals surface area (Å²) in [5, 5.41) is 3.56. The van der Waals surface area contributed by atoms with E-state index in [0.717, 1.165) is 15.6 Å². The quantitative estimate of drug-likeness (QED) is 0.374. The van der Waals surface area contributed by atoms with Gasteiger partial charge >= 0.3 is 5.97 Å². The predicted molar refractivity (Wildman–Crippen MR) is 90.2 cm³/mol. The molecule has 120 valence electrons. The summed E-state index contributed by atoms with van der Waals surface area (Å²) < 4.78 is 6.44. The standard InChI is InChI=1S/C16H16BrN3O3/c1-10-8-14(11(2)7-12(10)17)22-9-15(21)23-20-16(18)13-5-3-4-6-19-13/h3-8H,9H2,1-2H3,(H2,18,20). The van der Waals surface area contributed by atoms with E-state index in [1.54, 1.807) is 24.4 Å². The van der Waals surface area contributed by atoms with E-state index in [1.807, 2.05) is 26.0 Å². The first-order valence-electron chi connectivity index (χ1n) is 6.81. The molecule has 0 unspecified atom stereocenters. The maximum atomic E-state index is 11.7. The Morgan fingerprint density at radius 1 is 1.30 bits per heavy atom. The molecule has 0 radical (unpaired) electrons. The fourth-order valence-electron chi connectivity index (χ4n) is 1.73. The Morgan fingerprint density at radius 2 is 2.09 bits per heavy atom. The maximum Gasteiger partial charge on any atom is 0.372 e. The predicted octanol–water partition coefficient (Wildman–Crippen LogP) is 2.70. The highest BCUT2D eigenvalue weighted by molar-refractivity contribution is 9.10. The zero-order valence-electron chi connectivity index (χ0n) is 12.7. The number of oxime groups is 1. The number of hydrogen-bond donors (Lipinski definition) is 1. The summed E-state index contributed by atoms with van der Waals surface area (Å²) in [6, 6.07) is 8.94. The van der Waals surface area contributed by atoms with Gasteiger partial charge in [-0.25, -0.2) is 4.79 Å². The summed E-state index contributed by atoms with van der Waals surface area (Å²) in [5.41, 5.74) is 8.03. The lowest BCUT2D eigenvalue weighted by atomic mass is 10.1. The van der Waals surface area contributed by atoms with Gasteiger partial charge in [0.2, 0.25) is 0 Å². The number of pyridine rings is 1. The molecule has 0 saturated heterocycles. The molecular formula is C16H16BrN3O3. The molecule has 0 aliphatic heterocycles. The molecule has 0 fully saturated rings. The third-order valence-corrected chi connectivity index (χ3v) is 3.83. The van der Waals surface area contributed by atoms with Crippen LogP contribution in [0.25, 0.3) is 0 Å². The van der Waals surface area contributed by atoms with Crippen molar-refractivity contribution in [2.75, 3.05) is 6.61 Å². The smallest absolute Gasteiger partial charge is 0.372 e. The Morgan fingerprint density at radius 3 is 2.78 bits per heavy atom. The number of nitrogens with two attached hydrogens (primary N) is 1. The average molecular weight is 378 g/mol. The molecule has 2 aromatic rings. The summed E-state index contributed by atoms with van der Waals surface area (Å²) in [7, 11) is 0. The number of carbonyl (C=O) groups excluding carboxylic acids is 1. The number of rotatable bonds is 5. The van der Waals surface area contributed by atoms with Crippen molar-refractivity contribution in [3.05, 3.63) is 57.8 Å². The number of nitrogens with zero attached hydrogens (tertiary/aromatic N) is 2. The maximum absolute atomic E-state index is 11.7. The third kappa shape index (κ3) is 4.79. The molecule has 23 heavy (non-hydrogen) atoms. The second-order valence-corrected chi connectivity index (χ2v) is 5.66. The highest BCUT2D eigenvalue weighted by atomic mass is 79.9. The molecule has 0 spiro atoms. The van der Waals surface area contributed by atoms with Gasteiger partial charge < -0.3 is 15.3 Å². The van der Waals surface area contributed by atoms with Crippen molar-refractivity contribution in [2.45, 2.75) is 13.8 Å². The van der Waals surface area contributed by atoms with Gasteiger partial charge in [0.15, 0.2) is 12.4 Å². The van der Waals surface area contributed by atoms with Crippen molar-refractivity contribution < 1.29 is 14.4 Å². The van der Waals surface area contributed by atoms with E-state index in [2.05, 4.69) is 26.1 Å². The van der Waals surface area contributed by atoms with E-state index in [0.29, 0.717) is 11.4 Å². The van der Waals surface area contributed by atoms with Gasteiger partial charge in [-0.2, -0.15) is 0 Å². The van der Waals surface area contributed by atoms with E-state index in [9.17, 15) is 4.79 Å². The molecule has 0 saturated carbocycles. The molecule has 0 amide bonds. The van der Waals surface area contributed by atoms with Crippen molar-refractivity contribution >= 4 is 27.7 Å². The van der Waals surface area contributed by atoms with Crippen LogP contribution >= 0.6 is 15.9 Å². The van der Waals surface area contributed by atoms with Crippen molar-refractivity contribution in [1.82, 2.24) is 4.98 Å². The normalized spacial score (nSPS) is 11.2. The number of carbonyl (C=O) groups is 1. The van der Waals surface area contributed by atoms with Crippen molar-refractivity contribution in [3.8, 4) is 5.75 Å². The molecule has 0 aliphatic rings. The summed E-state index contributed by atoms with van der Waals surface area (Å²) in [5.74, 6) is -0.0113. The van der Waals surface area contributed by atoms with Crippen LogP contribution in [0, 0.1) is 13.8 Å². The van der Waals surface area contributed by atoms with Crippen LogP contribution in [0.15, 0.2) is 46.2 Å². The minimum Gasteiger partial charge on any atom is -0.482 e. The highest BCUT2D eigenvalue weighted by Crippen LogP contribution is 2.26. The second-order valence-electron chi connectivity index (χ2n) is 4.81. The fraction of sp³-hybridized carbons (Fsp3) is 0.188. The Bertz CT molecular complexity index is 733. The number of ether oxygens (including phenoxy) is 1. The van der Waals surface area contributed by atoms with Gasteiger partial charge in [-0.3, -0.25) is 4.98 Å². The van der Waals surface area contributed by atoms with Crippen molar-refractivity contribution in [3.63, 3.8) is 0 Å². The Balaban J connectivity index is 1.92. The Hall–Kier alpha value is -2.41. The monoisotopic (exact) mass is 377 g/mol. The van der Waals surface area contributed by atoms with E-state index in [1.165, 1.54) is 0 Å². The molecule has 2 rings (SSSR count). The molecule has 6 nitrogen and oxygen atoms in total. The first-order valence-corrected chi connectivity index (χ1v) is 7.61. The minimum absolute atomic E-state index is 0.0228. The van der Waals surface area contributed by atoms with Crippen molar-refractivity contribution in [2.24, 2.45) is 10.9 Å². The molecule has 2 N–H and O–H groups in total. The number of halogens is 1. The van der Waals surface area contributed by atoms with Gasteiger partial charge in [-0.1, -0.05) is 27.2 Å². The first kappa shape index (κ1) is 17.0. The summed E-state index contributed by atoms with van der Waals surface area (Å²) in [6.45, 7) is 3.57. The lowest BCUT2D eigenvalue weighted by molar-refractivity contribution is -0.146. The summed E-state index contributed by atoms with van der Waals surface area (Å²) in [6.07, 6.45) is 1.57. The van der Waals surface area contributed by atoms with Crippen molar-refractivity contribution in [1.29, 1.82) is 0 Å². The minimum atomic E-state index is -0.649. The Kier molecular flexibility index (Phi) is 5.70. The number of benzene rings is 1. The van der Waals surface area contributed by atoms with Crippen LogP contribution < -0.4 is 10.5 Å². The zero-order chi connectivity index (χ0) is 16.8. The van der Waals surface area contributed by atoms with Crippen LogP contribution in [0.3, 0.4) is 0 Å². The third-order valence-electron chi connectivity index (χ3n) is 2.97. The van der Waals surface area contributed by atoms with E-state index in [-0.39, 0.29) is 12.4 Å². The molecule has 0 aliphatic carbocycles. The first-order chi connectivity index (χ1) is 11.0. The van der Waals surface area contributed by atoms with Gasteiger partial charge in [0, 0.05) is 10.7 Å². The van der Waals surface area contributed by atoms with Gasteiger partial charge in [-0.15, -0.1) is 0 Å². The van der Waals surface area contributed by atoms with Gasteiger partial charge in [-0.05, 0) is 49.2 Å². The number of aromatic nitrogens is 1. The van der Waals surface area contributed by atoms with Crippen LogP contribution in [-0.2, 0) is 9.63 Å². The van der Waals surface area contributed by atoms with Crippen LogP contribution in [0.2, 0.25) is 0 Å². The average Bonchev–Trinajstić information content (AvgIpc) is 2.55. The van der Waals surface area contributed by atoms with E-state index >= 15 is 0 Å². The molecule has 0 bridgehead atoms. The second kappa shape index (κ2) is 7.73. The van der Waals surface area contributed by atoms with Crippen LogP contribution in [-0.4, -0.2) is 23.4 Å². The lowest BCUT2D eigenvalue weighted by Crippen LogP contribution is -2.19. The Labute approximate surface area is 142 Å². The molecule has 1 aromatic carbocycles. The van der Waals surface area contributed by atoms with Crippen LogP contribution in [0.1, 0.15) is 16.8 Å². The lowest BCUT2D eigenvalue weighted by Gasteiger charge is -2.10. The van der Waals surface area contributed by atoms with E-state index < -0.39 is 5.97 Å². The summed E-state index contributed by atoms with van der Waals surface area (Å²) >= 11 is 3.44. The molecule has 0 atom stereocenters. The number of aryl methyl sites for hydroxylation is 2. The number of hydrogen-bond acceptors (Lipinski definition) is 5. The van der Waals surface area contributed by atoms with E-state index in [4.69, 9.17) is 15.3 Å². The van der Waals surface area contributed by atoms with Gasteiger partial charge in [0.1, 0.15) is 11.4 Å². The zero-order valence-corrected chi connectivity index (χ0v) is 14.3. The molecule has 1 aromatic heterocycles. The number of amidine groups is 1.